The third-order valence-corrected chi connectivity index (χ3v) is 3.03. The molecule has 1 radical (unpaired) electrons. The fourth-order valence-electron chi connectivity index (χ4n) is 2.15. The standard InChI is InChI=1S/C14H16F/c15-14(13-9-5-2-6-10-13)11-12-7-3-1-4-8-12/h5-6,9-12H,1,3-4,7-8H2/b14-11-. The quantitative estimate of drug-likeness (QED) is 0.669. The van der Waals surface area contributed by atoms with Crippen molar-refractivity contribution in [2.24, 2.45) is 5.92 Å². The lowest BCUT2D eigenvalue weighted by Gasteiger charge is -2.18. The van der Waals surface area contributed by atoms with Crippen LogP contribution in [-0.4, -0.2) is 0 Å². The summed E-state index contributed by atoms with van der Waals surface area (Å²) in [4.78, 5) is 0. The molecule has 0 heterocycles. The van der Waals surface area contributed by atoms with Crippen molar-refractivity contribution < 1.29 is 4.39 Å². The monoisotopic (exact) mass is 203 g/mol. The van der Waals surface area contributed by atoms with Gasteiger partial charge in [-0.3, -0.25) is 0 Å². The highest BCUT2D eigenvalue weighted by Crippen LogP contribution is 2.28. The summed E-state index contributed by atoms with van der Waals surface area (Å²) in [5.74, 6) is 0.374. The molecule has 1 fully saturated rings. The number of hydrogen-bond donors (Lipinski definition) is 0. The van der Waals surface area contributed by atoms with Gasteiger partial charge in [0.05, 0.1) is 0 Å². The molecule has 0 nitrogen and oxygen atoms in total. The van der Waals surface area contributed by atoms with E-state index < -0.39 is 0 Å². The third-order valence-electron chi connectivity index (χ3n) is 3.03. The third kappa shape index (κ3) is 2.92. The zero-order chi connectivity index (χ0) is 10.5. The van der Waals surface area contributed by atoms with Crippen molar-refractivity contribution in [2.75, 3.05) is 0 Å². The summed E-state index contributed by atoms with van der Waals surface area (Å²) in [6.45, 7) is 0. The van der Waals surface area contributed by atoms with E-state index in [1.807, 2.05) is 0 Å². The summed E-state index contributed by atoms with van der Waals surface area (Å²) in [5, 5.41) is 0. The fraction of sp³-hybridized carbons (Fsp3) is 0.429. The maximum absolute atomic E-state index is 13.8. The van der Waals surface area contributed by atoms with Crippen molar-refractivity contribution in [1.82, 2.24) is 0 Å². The number of hydrogen-bond acceptors (Lipinski definition) is 0. The van der Waals surface area contributed by atoms with Crippen LogP contribution in [0.4, 0.5) is 4.39 Å². The van der Waals surface area contributed by atoms with Gasteiger partial charge >= 0.3 is 0 Å². The molecule has 0 unspecified atom stereocenters. The minimum atomic E-state index is -0.0732. The van der Waals surface area contributed by atoms with Crippen LogP contribution in [0.5, 0.6) is 0 Å². The second kappa shape index (κ2) is 5.11. The molecule has 0 spiro atoms. The molecule has 1 aromatic rings. The summed E-state index contributed by atoms with van der Waals surface area (Å²) >= 11 is 0. The smallest absolute Gasteiger partial charge is 0.126 e. The van der Waals surface area contributed by atoms with Crippen LogP contribution in [0, 0.1) is 12.0 Å². The first-order valence-corrected chi connectivity index (χ1v) is 5.70. The molecule has 2 rings (SSSR count). The van der Waals surface area contributed by atoms with Gasteiger partial charge in [0.2, 0.25) is 0 Å². The van der Waals surface area contributed by atoms with Crippen molar-refractivity contribution in [3.63, 3.8) is 0 Å². The normalized spacial score (nSPS) is 19.1. The zero-order valence-electron chi connectivity index (χ0n) is 8.88. The van der Waals surface area contributed by atoms with Gasteiger partial charge in [-0.05, 0) is 30.9 Å². The highest BCUT2D eigenvalue weighted by atomic mass is 19.1. The summed E-state index contributed by atoms with van der Waals surface area (Å²) in [7, 11) is 0. The van der Waals surface area contributed by atoms with Crippen LogP contribution in [0.2, 0.25) is 0 Å². The first-order valence-electron chi connectivity index (χ1n) is 5.70. The van der Waals surface area contributed by atoms with Crippen molar-refractivity contribution in [1.29, 1.82) is 0 Å². The first kappa shape index (κ1) is 10.4. The molecule has 15 heavy (non-hydrogen) atoms. The van der Waals surface area contributed by atoms with Crippen LogP contribution < -0.4 is 0 Å². The van der Waals surface area contributed by atoms with E-state index in [0.717, 1.165) is 12.8 Å². The Balaban J connectivity index is 2.06. The lowest BCUT2D eigenvalue weighted by molar-refractivity contribution is 0.417. The van der Waals surface area contributed by atoms with Crippen LogP contribution >= 0.6 is 0 Å². The Bertz CT molecular complexity index is 320. The first-order chi connectivity index (χ1) is 7.36. The molecule has 1 aromatic carbocycles. The van der Waals surface area contributed by atoms with Crippen LogP contribution in [0.1, 0.15) is 37.7 Å². The van der Waals surface area contributed by atoms with Gasteiger partial charge in [0.1, 0.15) is 5.83 Å². The molecular formula is C14H16F. The average Bonchev–Trinajstić information content (AvgIpc) is 2.31. The minimum absolute atomic E-state index is 0.0732. The number of halogens is 1. The molecule has 79 valence electrons. The predicted molar refractivity (Wildman–Crippen MR) is 60.9 cm³/mol. The van der Waals surface area contributed by atoms with E-state index in [-0.39, 0.29) is 5.83 Å². The average molecular weight is 203 g/mol. The highest BCUT2D eigenvalue weighted by Gasteiger charge is 2.12. The Labute approximate surface area is 90.8 Å². The SMILES string of the molecule is F/C(=C\C1CCCCC1)c1cc[c]cc1. The topological polar surface area (TPSA) is 0 Å². The zero-order valence-corrected chi connectivity index (χ0v) is 8.88. The fourth-order valence-corrected chi connectivity index (χ4v) is 2.15. The molecule has 0 saturated heterocycles. The molecule has 0 bridgehead atoms. The van der Waals surface area contributed by atoms with Gasteiger partial charge in [-0.1, -0.05) is 43.5 Å². The Kier molecular flexibility index (Phi) is 3.54. The van der Waals surface area contributed by atoms with Crippen molar-refractivity contribution in [2.45, 2.75) is 32.1 Å². The molecule has 1 aliphatic carbocycles. The predicted octanol–water partition coefficient (Wildman–Crippen LogP) is 4.38. The van der Waals surface area contributed by atoms with E-state index >= 15 is 0 Å². The van der Waals surface area contributed by atoms with E-state index in [9.17, 15) is 4.39 Å². The molecule has 0 amide bonds. The minimum Gasteiger partial charge on any atom is -0.207 e. The summed E-state index contributed by atoms with van der Waals surface area (Å²) < 4.78 is 13.8. The Morgan fingerprint density at radius 2 is 1.87 bits per heavy atom. The van der Waals surface area contributed by atoms with Crippen molar-refractivity contribution >= 4 is 5.83 Å². The molecule has 0 aliphatic heterocycles. The molecule has 1 heteroatoms. The Hall–Kier alpha value is -1.11. The second-order valence-electron chi connectivity index (χ2n) is 4.20. The molecule has 1 saturated carbocycles. The summed E-state index contributed by atoms with van der Waals surface area (Å²) in [6, 6.07) is 9.95. The molecule has 1 aliphatic rings. The summed E-state index contributed by atoms with van der Waals surface area (Å²) in [6.07, 6.45) is 7.90. The van der Waals surface area contributed by atoms with Crippen LogP contribution in [-0.2, 0) is 0 Å². The lowest BCUT2D eigenvalue weighted by Crippen LogP contribution is -2.03. The summed E-state index contributed by atoms with van der Waals surface area (Å²) in [5.41, 5.74) is 0.680. The van der Waals surface area contributed by atoms with E-state index in [2.05, 4.69) is 6.07 Å². The lowest BCUT2D eigenvalue weighted by atomic mass is 9.88. The second-order valence-corrected chi connectivity index (χ2v) is 4.20. The molecule has 0 aromatic heterocycles. The maximum atomic E-state index is 13.8. The van der Waals surface area contributed by atoms with Crippen LogP contribution in [0.3, 0.4) is 0 Å². The Morgan fingerprint density at radius 3 is 2.53 bits per heavy atom. The van der Waals surface area contributed by atoms with E-state index in [4.69, 9.17) is 0 Å². The van der Waals surface area contributed by atoms with Gasteiger partial charge in [-0.2, -0.15) is 0 Å². The number of allylic oxidation sites excluding steroid dienone is 1. The highest BCUT2D eigenvalue weighted by molar-refractivity contribution is 5.58. The van der Waals surface area contributed by atoms with Crippen LogP contribution in [0.25, 0.3) is 5.83 Å². The van der Waals surface area contributed by atoms with E-state index in [1.54, 1.807) is 30.3 Å². The maximum Gasteiger partial charge on any atom is 0.126 e. The van der Waals surface area contributed by atoms with Gasteiger partial charge in [-0.25, -0.2) is 4.39 Å². The van der Waals surface area contributed by atoms with E-state index in [1.165, 1.54) is 19.3 Å². The largest absolute Gasteiger partial charge is 0.207 e. The van der Waals surface area contributed by atoms with Gasteiger partial charge in [0.25, 0.3) is 0 Å². The van der Waals surface area contributed by atoms with Crippen molar-refractivity contribution in [3.05, 3.63) is 42.0 Å². The van der Waals surface area contributed by atoms with Gasteiger partial charge in [-0.15, -0.1) is 0 Å². The van der Waals surface area contributed by atoms with Gasteiger partial charge < -0.3 is 0 Å². The van der Waals surface area contributed by atoms with Crippen LogP contribution in [0.15, 0.2) is 30.3 Å². The molecule has 0 N–H and O–H groups in total. The molecule has 0 atom stereocenters. The molecular weight excluding hydrogens is 187 g/mol. The number of rotatable bonds is 2. The Morgan fingerprint density at radius 1 is 1.20 bits per heavy atom. The van der Waals surface area contributed by atoms with Gasteiger partial charge in [0, 0.05) is 5.56 Å². The number of benzene rings is 1. The van der Waals surface area contributed by atoms with Gasteiger partial charge in [0.15, 0.2) is 0 Å². The van der Waals surface area contributed by atoms with E-state index in [0.29, 0.717) is 11.5 Å². The van der Waals surface area contributed by atoms with Crippen molar-refractivity contribution in [3.8, 4) is 0 Å².